The molecule has 1 N–H and O–H groups in total. The van der Waals surface area contributed by atoms with Crippen molar-refractivity contribution in [2.75, 3.05) is 27.1 Å². The first-order valence-corrected chi connectivity index (χ1v) is 9.54. The number of rotatable bonds is 7. The lowest BCUT2D eigenvalue weighted by Crippen LogP contribution is -2.48. The topological polar surface area (TPSA) is 67.9 Å². The zero-order valence-corrected chi connectivity index (χ0v) is 15.0. The van der Waals surface area contributed by atoms with Crippen LogP contribution >= 0.6 is 0 Å². The Morgan fingerprint density at radius 2 is 1.91 bits per heavy atom. The molecule has 130 valence electrons. The Morgan fingerprint density at radius 3 is 2.43 bits per heavy atom. The van der Waals surface area contributed by atoms with Crippen molar-refractivity contribution in [3.63, 3.8) is 0 Å². The summed E-state index contributed by atoms with van der Waals surface area (Å²) >= 11 is 0. The van der Waals surface area contributed by atoms with Gasteiger partial charge in [0.25, 0.3) is 0 Å². The third kappa shape index (κ3) is 4.67. The Balaban J connectivity index is 2.22. The van der Waals surface area contributed by atoms with Crippen LogP contribution in [0.1, 0.15) is 18.9 Å². The Kier molecular flexibility index (Phi) is 6.02. The molecule has 7 heteroatoms. The van der Waals surface area contributed by atoms with Gasteiger partial charge in [-0.3, -0.25) is 0 Å². The summed E-state index contributed by atoms with van der Waals surface area (Å²) < 4.78 is 36.6. The second-order valence-electron chi connectivity index (χ2n) is 6.09. The van der Waals surface area contributed by atoms with Gasteiger partial charge in [-0.15, -0.1) is 0 Å². The molecule has 1 heterocycles. The summed E-state index contributed by atoms with van der Waals surface area (Å²) in [5, 5.41) is 3.41. The molecule has 1 aromatic rings. The van der Waals surface area contributed by atoms with Gasteiger partial charge in [0.15, 0.2) is 0 Å². The molecule has 1 aliphatic rings. The molecular weight excluding hydrogens is 316 g/mol. The van der Waals surface area contributed by atoms with Crippen molar-refractivity contribution in [1.82, 2.24) is 9.62 Å². The van der Waals surface area contributed by atoms with Crippen molar-refractivity contribution in [2.24, 2.45) is 0 Å². The predicted octanol–water partition coefficient (Wildman–Crippen LogP) is 1.22. The molecule has 6 nitrogen and oxygen atoms in total. The number of sulfonamides is 1. The molecule has 0 saturated carbocycles. The Bertz CT molecular complexity index is 603. The van der Waals surface area contributed by atoms with Crippen LogP contribution in [-0.4, -0.2) is 57.9 Å². The van der Waals surface area contributed by atoms with E-state index in [0.717, 1.165) is 17.7 Å². The lowest BCUT2D eigenvalue weighted by molar-refractivity contribution is 0.145. The van der Waals surface area contributed by atoms with Crippen LogP contribution in [0, 0.1) is 0 Å². The average Bonchev–Trinajstić information content (AvgIpc) is 2.85. The van der Waals surface area contributed by atoms with Crippen molar-refractivity contribution >= 4 is 10.0 Å². The molecule has 0 bridgehead atoms. The summed E-state index contributed by atoms with van der Waals surface area (Å²) in [6.45, 7) is 2.91. The predicted molar refractivity (Wildman–Crippen MR) is 90.0 cm³/mol. The highest BCUT2D eigenvalue weighted by Gasteiger charge is 2.39. The average molecular weight is 342 g/mol. The molecule has 0 spiro atoms. The highest BCUT2D eigenvalue weighted by molar-refractivity contribution is 7.88. The van der Waals surface area contributed by atoms with E-state index in [0.29, 0.717) is 13.2 Å². The van der Waals surface area contributed by atoms with Gasteiger partial charge >= 0.3 is 0 Å². The normalized spacial score (nSPS) is 25.0. The maximum atomic E-state index is 12.3. The quantitative estimate of drug-likeness (QED) is 0.807. The van der Waals surface area contributed by atoms with Crippen LogP contribution in [0.15, 0.2) is 24.3 Å². The number of methoxy groups -OCH3 is 2. The van der Waals surface area contributed by atoms with E-state index in [-0.39, 0.29) is 18.1 Å². The van der Waals surface area contributed by atoms with Crippen LogP contribution in [0.2, 0.25) is 0 Å². The fraction of sp³-hybridized carbons (Fsp3) is 0.625. The van der Waals surface area contributed by atoms with E-state index in [4.69, 9.17) is 9.47 Å². The fourth-order valence-corrected chi connectivity index (χ4v) is 4.23. The molecule has 23 heavy (non-hydrogen) atoms. The van der Waals surface area contributed by atoms with Crippen molar-refractivity contribution in [1.29, 1.82) is 0 Å². The van der Waals surface area contributed by atoms with Gasteiger partial charge in [0.2, 0.25) is 10.0 Å². The molecule has 1 aliphatic heterocycles. The van der Waals surface area contributed by atoms with Gasteiger partial charge in [-0.25, -0.2) is 8.42 Å². The van der Waals surface area contributed by atoms with Gasteiger partial charge in [0, 0.05) is 31.8 Å². The summed E-state index contributed by atoms with van der Waals surface area (Å²) in [6, 6.07) is 7.64. The monoisotopic (exact) mass is 342 g/mol. The van der Waals surface area contributed by atoms with Gasteiger partial charge in [-0.05, 0) is 31.0 Å². The SMILES string of the molecule is COC[C@@H]1N[C@H](C)C[C@@H]1N(Cc1ccc(OC)cc1)S(C)(=O)=O. The summed E-state index contributed by atoms with van der Waals surface area (Å²) in [5.41, 5.74) is 0.937. The number of hydrogen-bond acceptors (Lipinski definition) is 5. The highest BCUT2D eigenvalue weighted by Crippen LogP contribution is 2.25. The number of nitrogens with zero attached hydrogens (tertiary/aromatic N) is 1. The van der Waals surface area contributed by atoms with E-state index in [9.17, 15) is 8.42 Å². The third-order valence-corrected chi connectivity index (χ3v) is 5.45. The maximum Gasteiger partial charge on any atom is 0.211 e. The third-order valence-electron chi connectivity index (χ3n) is 4.20. The lowest BCUT2D eigenvalue weighted by atomic mass is 10.1. The van der Waals surface area contributed by atoms with E-state index < -0.39 is 10.0 Å². The number of benzene rings is 1. The zero-order chi connectivity index (χ0) is 17.0. The number of hydrogen-bond donors (Lipinski definition) is 1. The molecule has 2 rings (SSSR count). The molecular formula is C16H26N2O4S. The van der Waals surface area contributed by atoms with Crippen LogP contribution in [0.5, 0.6) is 5.75 Å². The fourth-order valence-electron chi connectivity index (χ4n) is 3.12. The van der Waals surface area contributed by atoms with E-state index in [1.54, 1.807) is 18.5 Å². The maximum absolute atomic E-state index is 12.3. The van der Waals surface area contributed by atoms with E-state index in [1.807, 2.05) is 24.3 Å². The summed E-state index contributed by atoms with van der Waals surface area (Å²) in [4.78, 5) is 0. The van der Waals surface area contributed by atoms with Crippen LogP contribution < -0.4 is 10.1 Å². The molecule has 0 unspecified atom stereocenters. The Morgan fingerprint density at radius 1 is 1.26 bits per heavy atom. The summed E-state index contributed by atoms with van der Waals surface area (Å²) in [5.74, 6) is 0.757. The molecule has 1 aromatic carbocycles. The van der Waals surface area contributed by atoms with Crippen LogP contribution in [-0.2, 0) is 21.3 Å². The van der Waals surface area contributed by atoms with Crippen LogP contribution in [0.3, 0.4) is 0 Å². The van der Waals surface area contributed by atoms with Gasteiger partial charge in [-0.1, -0.05) is 12.1 Å². The Labute approximate surface area is 138 Å². The molecule has 0 aromatic heterocycles. The second-order valence-corrected chi connectivity index (χ2v) is 8.02. The molecule has 3 atom stereocenters. The number of nitrogens with one attached hydrogen (secondary N) is 1. The smallest absolute Gasteiger partial charge is 0.211 e. The lowest BCUT2D eigenvalue weighted by Gasteiger charge is -2.30. The molecule has 1 fully saturated rings. The Hall–Kier alpha value is -1.15. The minimum absolute atomic E-state index is 0.00275. The zero-order valence-electron chi connectivity index (χ0n) is 14.2. The molecule has 0 aliphatic carbocycles. The second kappa shape index (κ2) is 7.61. The van der Waals surface area contributed by atoms with Gasteiger partial charge in [-0.2, -0.15) is 4.31 Å². The van der Waals surface area contributed by atoms with E-state index in [1.165, 1.54) is 6.26 Å². The molecule has 0 amide bonds. The first kappa shape index (κ1) is 18.2. The highest BCUT2D eigenvalue weighted by atomic mass is 32.2. The van der Waals surface area contributed by atoms with Crippen LogP contribution in [0.25, 0.3) is 0 Å². The van der Waals surface area contributed by atoms with Gasteiger partial charge in [0.1, 0.15) is 5.75 Å². The summed E-state index contributed by atoms with van der Waals surface area (Å²) in [6.07, 6.45) is 2.04. The summed E-state index contributed by atoms with van der Waals surface area (Å²) in [7, 11) is -0.0856. The molecule has 1 saturated heterocycles. The minimum atomic E-state index is -3.33. The largest absolute Gasteiger partial charge is 0.497 e. The van der Waals surface area contributed by atoms with Crippen molar-refractivity contribution in [2.45, 2.75) is 38.0 Å². The van der Waals surface area contributed by atoms with Gasteiger partial charge < -0.3 is 14.8 Å². The first-order valence-electron chi connectivity index (χ1n) is 7.70. The van der Waals surface area contributed by atoms with E-state index >= 15 is 0 Å². The standard InChI is InChI=1S/C16H26N2O4S/c1-12-9-16(15(17-12)11-21-2)18(23(4,19)20)10-13-5-7-14(22-3)8-6-13/h5-8,12,15-17H,9-11H2,1-4H3/t12-,15+,16+/m1/s1. The van der Waals surface area contributed by atoms with Crippen LogP contribution in [0.4, 0.5) is 0 Å². The molecule has 0 radical (unpaired) electrons. The number of ether oxygens (including phenoxy) is 2. The van der Waals surface area contributed by atoms with Crippen molar-refractivity contribution in [3.05, 3.63) is 29.8 Å². The van der Waals surface area contributed by atoms with Gasteiger partial charge in [0.05, 0.1) is 20.0 Å². The van der Waals surface area contributed by atoms with Crippen molar-refractivity contribution in [3.8, 4) is 5.75 Å². The first-order chi connectivity index (χ1) is 10.8. The minimum Gasteiger partial charge on any atom is -0.497 e. The van der Waals surface area contributed by atoms with Crippen molar-refractivity contribution < 1.29 is 17.9 Å². The van der Waals surface area contributed by atoms with E-state index in [2.05, 4.69) is 12.2 Å².